The second-order valence-corrected chi connectivity index (χ2v) is 7.15. The van der Waals surface area contributed by atoms with E-state index in [0.717, 1.165) is 12.5 Å². The third-order valence-corrected chi connectivity index (χ3v) is 4.50. The minimum Gasteiger partial charge on any atom is -0.493 e. The molecule has 0 bridgehead atoms. The number of hydrogen-bond donors (Lipinski definition) is 5. The predicted molar refractivity (Wildman–Crippen MR) is 131 cm³/mol. The van der Waals surface area contributed by atoms with Crippen LogP contribution in [-0.4, -0.2) is 49.1 Å². The summed E-state index contributed by atoms with van der Waals surface area (Å²) in [6, 6.07) is 9.24. The Balaban J connectivity index is 0.00000142. The van der Waals surface area contributed by atoms with Gasteiger partial charge < -0.3 is 36.1 Å². The van der Waals surface area contributed by atoms with E-state index < -0.39 is 23.9 Å². The van der Waals surface area contributed by atoms with Gasteiger partial charge in [-0.25, -0.2) is 4.79 Å². The first-order valence-corrected chi connectivity index (χ1v) is 10.7. The monoisotopic (exact) mass is 488 g/mol. The van der Waals surface area contributed by atoms with Crippen LogP contribution in [0, 0.1) is 5.41 Å². The summed E-state index contributed by atoms with van der Waals surface area (Å²) < 4.78 is 16.3. The molecule has 0 heterocycles. The molecule has 0 saturated heterocycles. The fourth-order valence-electron chi connectivity index (χ4n) is 2.98. The number of rotatable bonds is 11. The number of primary amides is 1. The fraction of sp³-hybridized carbons (Fsp3) is 0.333. The minimum atomic E-state index is -0.933. The van der Waals surface area contributed by atoms with Gasteiger partial charge in [-0.3, -0.25) is 15.0 Å². The average molecular weight is 489 g/mol. The number of esters is 1. The number of amidine groups is 1. The summed E-state index contributed by atoms with van der Waals surface area (Å²) in [7, 11) is 1.29. The Morgan fingerprint density at radius 2 is 1.66 bits per heavy atom. The van der Waals surface area contributed by atoms with Crippen LogP contribution in [0.1, 0.15) is 43.5 Å². The topological polar surface area (TPSA) is 187 Å². The van der Waals surface area contributed by atoms with Crippen LogP contribution in [0.25, 0.3) is 0 Å². The van der Waals surface area contributed by atoms with E-state index in [0.29, 0.717) is 35.6 Å². The van der Waals surface area contributed by atoms with E-state index in [-0.39, 0.29) is 18.2 Å². The smallest absolute Gasteiger partial charge is 0.333 e. The molecule has 7 N–H and O–H groups in total. The van der Waals surface area contributed by atoms with Crippen LogP contribution in [0.2, 0.25) is 0 Å². The molecule has 0 aromatic heterocycles. The molecular formula is C24H32N4O7. The van der Waals surface area contributed by atoms with Crippen molar-refractivity contribution in [3.8, 4) is 11.5 Å². The van der Waals surface area contributed by atoms with E-state index >= 15 is 0 Å². The molecule has 11 heteroatoms. The van der Waals surface area contributed by atoms with Gasteiger partial charge in [-0.05, 0) is 49.2 Å². The Kier molecular flexibility index (Phi) is 11.6. The van der Waals surface area contributed by atoms with Gasteiger partial charge in [0.1, 0.15) is 17.3 Å². The highest BCUT2D eigenvalue weighted by molar-refractivity contribution is 5.95. The van der Waals surface area contributed by atoms with Crippen molar-refractivity contribution in [2.24, 2.45) is 11.5 Å². The highest BCUT2D eigenvalue weighted by Crippen LogP contribution is 2.36. The van der Waals surface area contributed by atoms with Crippen molar-refractivity contribution in [3.05, 3.63) is 53.1 Å². The normalized spacial score (nSPS) is 10.7. The van der Waals surface area contributed by atoms with Gasteiger partial charge in [0.15, 0.2) is 12.6 Å². The number of nitrogens with one attached hydrogen (secondary N) is 2. The lowest BCUT2D eigenvalue weighted by Crippen LogP contribution is -2.25. The summed E-state index contributed by atoms with van der Waals surface area (Å²) >= 11 is 0. The summed E-state index contributed by atoms with van der Waals surface area (Å²) in [6.45, 7) is 5.00. The Hall–Kier alpha value is -4.28. The molecule has 35 heavy (non-hydrogen) atoms. The van der Waals surface area contributed by atoms with Gasteiger partial charge >= 0.3 is 5.97 Å². The number of carbonyl (C=O) groups is 3. The molecule has 0 spiro atoms. The molecule has 0 saturated carbocycles. The van der Waals surface area contributed by atoms with E-state index in [1.54, 1.807) is 36.4 Å². The number of carboxylic acids is 1. The number of ether oxygens (including phenoxy) is 3. The molecule has 1 atom stereocenters. The second kappa shape index (κ2) is 14.1. The number of nitrogens with two attached hydrogens (primary N) is 2. The zero-order valence-electron chi connectivity index (χ0n) is 20.2. The van der Waals surface area contributed by atoms with E-state index in [9.17, 15) is 9.59 Å². The van der Waals surface area contributed by atoms with E-state index in [2.05, 4.69) is 5.32 Å². The Morgan fingerprint density at radius 1 is 1.06 bits per heavy atom. The number of aliphatic carboxylic acids is 1. The molecule has 0 aliphatic heterocycles. The molecule has 1 unspecified atom stereocenters. The number of carboxylic acid groups (broad SMARTS) is 1. The number of methoxy groups -OCH3 is 1. The van der Waals surface area contributed by atoms with Crippen molar-refractivity contribution in [3.63, 3.8) is 0 Å². The first kappa shape index (κ1) is 28.8. The number of nitrogen functional groups attached to an aromatic ring is 1. The van der Waals surface area contributed by atoms with Crippen LogP contribution in [0.15, 0.2) is 36.4 Å². The molecular weight excluding hydrogens is 456 g/mol. The first-order valence-electron chi connectivity index (χ1n) is 10.7. The lowest BCUT2D eigenvalue weighted by atomic mass is 9.99. The number of benzene rings is 2. The van der Waals surface area contributed by atoms with Crippen molar-refractivity contribution in [2.75, 3.05) is 25.6 Å². The zero-order chi connectivity index (χ0) is 26.5. The Bertz CT molecular complexity index is 1030. The third kappa shape index (κ3) is 9.24. The summed E-state index contributed by atoms with van der Waals surface area (Å²) in [6.07, 6.45) is 0.652. The van der Waals surface area contributed by atoms with Crippen LogP contribution >= 0.6 is 0 Å². The van der Waals surface area contributed by atoms with Gasteiger partial charge in [0.2, 0.25) is 0 Å². The van der Waals surface area contributed by atoms with Gasteiger partial charge in [0.25, 0.3) is 11.9 Å². The SMILES string of the molecule is CC(=O)O.CCOc1cc(OCC(N)=O)c(C(Nc2ccc(C(=N)N)cc2)C(=O)OC)cc1CC. The molecule has 11 nitrogen and oxygen atoms in total. The number of anilines is 1. The zero-order valence-corrected chi connectivity index (χ0v) is 20.2. The molecule has 0 fully saturated rings. The molecule has 190 valence electrons. The number of amides is 1. The van der Waals surface area contributed by atoms with Crippen LogP contribution < -0.4 is 26.3 Å². The number of hydrogen-bond acceptors (Lipinski definition) is 8. The summed E-state index contributed by atoms with van der Waals surface area (Å²) in [5.41, 5.74) is 13.2. The van der Waals surface area contributed by atoms with Crippen LogP contribution in [-0.2, 0) is 25.5 Å². The predicted octanol–water partition coefficient (Wildman–Crippen LogP) is 2.21. The fourth-order valence-corrected chi connectivity index (χ4v) is 2.98. The molecule has 0 radical (unpaired) electrons. The van der Waals surface area contributed by atoms with Crippen molar-refractivity contribution >= 4 is 29.4 Å². The van der Waals surface area contributed by atoms with E-state index in [4.69, 9.17) is 41.0 Å². The van der Waals surface area contributed by atoms with E-state index in [1.807, 2.05) is 13.8 Å². The second-order valence-electron chi connectivity index (χ2n) is 7.15. The van der Waals surface area contributed by atoms with Gasteiger partial charge in [0.05, 0.1) is 13.7 Å². The van der Waals surface area contributed by atoms with Gasteiger partial charge in [-0.1, -0.05) is 6.92 Å². The maximum atomic E-state index is 12.7. The first-order chi connectivity index (χ1) is 16.5. The minimum absolute atomic E-state index is 0.0580. The van der Waals surface area contributed by atoms with Crippen molar-refractivity contribution < 1.29 is 33.7 Å². The van der Waals surface area contributed by atoms with Crippen molar-refractivity contribution in [1.82, 2.24) is 0 Å². The lowest BCUT2D eigenvalue weighted by molar-refractivity contribution is -0.141. The van der Waals surface area contributed by atoms with Gasteiger partial charge in [0, 0.05) is 29.8 Å². The standard InChI is InChI=1S/C22H28N4O5.C2H4O2/c1-4-13-10-16(18(31-12-19(23)27)11-17(13)30-5-2)20(22(28)29-3)26-15-8-6-14(7-9-15)21(24)25;1-2(3)4/h6-11,20,26H,4-5,12H2,1-3H3,(H2,23,27)(H3,24,25);1H3,(H,3,4). The molecule has 0 aliphatic rings. The molecule has 2 rings (SSSR count). The number of aryl methyl sites for hydroxylation is 1. The summed E-state index contributed by atoms with van der Waals surface area (Å²) in [4.78, 5) is 33.0. The Morgan fingerprint density at radius 3 is 2.11 bits per heavy atom. The van der Waals surface area contributed by atoms with Crippen molar-refractivity contribution in [1.29, 1.82) is 5.41 Å². The maximum Gasteiger partial charge on any atom is 0.333 e. The summed E-state index contributed by atoms with van der Waals surface area (Å²) in [5.74, 6) is -1.21. The molecule has 0 aliphatic carbocycles. The van der Waals surface area contributed by atoms with Crippen LogP contribution in [0.4, 0.5) is 5.69 Å². The van der Waals surface area contributed by atoms with Gasteiger partial charge in [-0.15, -0.1) is 0 Å². The van der Waals surface area contributed by atoms with E-state index in [1.165, 1.54) is 7.11 Å². The number of carbonyl (C=O) groups excluding carboxylic acids is 2. The molecule has 1 amide bonds. The molecule has 2 aromatic carbocycles. The highest BCUT2D eigenvalue weighted by atomic mass is 16.5. The van der Waals surface area contributed by atoms with Crippen molar-refractivity contribution in [2.45, 2.75) is 33.2 Å². The largest absolute Gasteiger partial charge is 0.493 e. The lowest BCUT2D eigenvalue weighted by Gasteiger charge is -2.23. The quantitative estimate of drug-likeness (QED) is 0.179. The summed E-state index contributed by atoms with van der Waals surface area (Å²) in [5, 5.41) is 18.0. The molecule has 2 aromatic rings. The maximum absolute atomic E-state index is 12.7. The third-order valence-electron chi connectivity index (χ3n) is 4.50. The Labute approximate surface area is 203 Å². The average Bonchev–Trinajstić information content (AvgIpc) is 2.81. The van der Waals surface area contributed by atoms with Crippen LogP contribution in [0.3, 0.4) is 0 Å². The van der Waals surface area contributed by atoms with Crippen LogP contribution in [0.5, 0.6) is 11.5 Å². The highest BCUT2D eigenvalue weighted by Gasteiger charge is 2.27. The van der Waals surface area contributed by atoms with Gasteiger partial charge in [-0.2, -0.15) is 0 Å².